The Morgan fingerprint density at radius 3 is 1.93 bits per heavy atom. The molecule has 14 heavy (non-hydrogen) atoms. The van der Waals surface area contributed by atoms with Crippen molar-refractivity contribution in [3.05, 3.63) is 0 Å². The summed E-state index contributed by atoms with van der Waals surface area (Å²) in [7, 11) is 0. The number of aliphatic hydroxyl groups is 1. The Kier molecular flexibility index (Phi) is 3.61. The fraction of sp³-hybridized carbons (Fsp3) is 0.846. The number of hydrogen-bond donors (Lipinski definition) is 1. The van der Waals surface area contributed by atoms with Gasteiger partial charge >= 0.3 is 0 Å². The van der Waals surface area contributed by atoms with E-state index in [-0.39, 0.29) is 5.41 Å². The van der Waals surface area contributed by atoms with Gasteiger partial charge in [0, 0.05) is 5.41 Å². The number of hydrogen-bond acceptors (Lipinski definition) is 1. The molecule has 0 bridgehead atoms. The predicted octanol–water partition coefficient (Wildman–Crippen LogP) is 3.12. The van der Waals surface area contributed by atoms with Crippen LogP contribution in [0.1, 0.15) is 59.3 Å². The second kappa shape index (κ2) is 4.36. The zero-order valence-corrected chi connectivity index (χ0v) is 9.69. The van der Waals surface area contributed by atoms with Gasteiger partial charge in [0.25, 0.3) is 0 Å². The fourth-order valence-corrected chi connectivity index (χ4v) is 1.74. The summed E-state index contributed by atoms with van der Waals surface area (Å²) < 4.78 is 0. The van der Waals surface area contributed by atoms with E-state index in [2.05, 4.69) is 32.6 Å². The minimum absolute atomic E-state index is 0.00202. The third kappa shape index (κ3) is 4.15. The largest absolute Gasteiger partial charge is 0.378 e. The topological polar surface area (TPSA) is 20.2 Å². The summed E-state index contributed by atoms with van der Waals surface area (Å²) in [5, 5.41) is 10.2. The minimum Gasteiger partial charge on any atom is -0.378 e. The second-order valence-corrected chi connectivity index (χ2v) is 5.45. The van der Waals surface area contributed by atoms with Crippen molar-refractivity contribution in [2.75, 3.05) is 0 Å². The van der Waals surface area contributed by atoms with Crippen LogP contribution in [0.5, 0.6) is 0 Å². The van der Waals surface area contributed by atoms with Crippen molar-refractivity contribution >= 4 is 0 Å². The highest BCUT2D eigenvalue weighted by Gasteiger charge is 2.25. The molecule has 0 heterocycles. The van der Waals surface area contributed by atoms with Gasteiger partial charge in [-0.05, 0) is 46.5 Å². The highest BCUT2D eigenvalue weighted by Crippen LogP contribution is 2.26. The van der Waals surface area contributed by atoms with Gasteiger partial charge < -0.3 is 5.11 Å². The highest BCUT2D eigenvalue weighted by atomic mass is 16.3. The summed E-state index contributed by atoms with van der Waals surface area (Å²) >= 11 is 0. The maximum Gasteiger partial charge on any atom is 0.125 e. The number of rotatable bonds is 0. The summed E-state index contributed by atoms with van der Waals surface area (Å²) in [5.74, 6) is 6.24. The molecule has 0 saturated heterocycles. The van der Waals surface area contributed by atoms with Crippen molar-refractivity contribution in [1.29, 1.82) is 0 Å². The molecule has 80 valence electrons. The van der Waals surface area contributed by atoms with Crippen LogP contribution < -0.4 is 0 Å². The normalized spacial score (nSPS) is 22.0. The summed E-state index contributed by atoms with van der Waals surface area (Å²) in [6.45, 7) is 6.25. The summed E-state index contributed by atoms with van der Waals surface area (Å²) in [5.41, 5.74) is -0.689. The SMILES string of the molecule is CC(C)(C)C#CC1(O)CCCCCC1. The molecule has 0 amide bonds. The van der Waals surface area contributed by atoms with Crippen molar-refractivity contribution < 1.29 is 5.11 Å². The molecule has 0 aromatic heterocycles. The monoisotopic (exact) mass is 194 g/mol. The minimum atomic E-state index is -0.691. The quantitative estimate of drug-likeness (QED) is 0.464. The van der Waals surface area contributed by atoms with E-state index >= 15 is 0 Å². The van der Waals surface area contributed by atoms with Gasteiger partial charge in [-0.3, -0.25) is 0 Å². The lowest BCUT2D eigenvalue weighted by molar-refractivity contribution is 0.0845. The van der Waals surface area contributed by atoms with Crippen LogP contribution in [0.3, 0.4) is 0 Å². The van der Waals surface area contributed by atoms with Crippen LogP contribution in [-0.2, 0) is 0 Å². The van der Waals surface area contributed by atoms with Gasteiger partial charge in [0.05, 0.1) is 0 Å². The molecule has 0 aromatic carbocycles. The van der Waals surface area contributed by atoms with Crippen LogP contribution >= 0.6 is 0 Å². The van der Waals surface area contributed by atoms with Crippen LogP contribution in [0.2, 0.25) is 0 Å². The van der Waals surface area contributed by atoms with Crippen molar-refractivity contribution in [2.24, 2.45) is 5.41 Å². The second-order valence-electron chi connectivity index (χ2n) is 5.45. The van der Waals surface area contributed by atoms with Gasteiger partial charge in [0.1, 0.15) is 5.60 Å². The molecule has 1 aliphatic rings. The van der Waals surface area contributed by atoms with E-state index in [0.29, 0.717) is 0 Å². The summed E-state index contributed by atoms with van der Waals surface area (Å²) in [4.78, 5) is 0. The van der Waals surface area contributed by atoms with Gasteiger partial charge in [0.15, 0.2) is 0 Å². The Hall–Kier alpha value is -0.480. The molecule has 1 nitrogen and oxygen atoms in total. The Labute approximate surface area is 87.9 Å². The van der Waals surface area contributed by atoms with Crippen molar-refractivity contribution in [1.82, 2.24) is 0 Å². The first-order chi connectivity index (χ1) is 6.41. The van der Waals surface area contributed by atoms with Gasteiger partial charge in [-0.15, -0.1) is 0 Å². The first-order valence-corrected chi connectivity index (χ1v) is 5.68. The van der Waals surface area contributed by atoms with Gasteiger partial charge in [-0.1, -0.05) is 24.7 Å². The molecule has 0 unspecified atom stereocenters. The average Bonchev–Trinajstić information content (AvgIpc) is 2.27. The Morgan fingerprint density at radius 2 is 1.50 bits per heavy atom. The molecular weight excluding hydrogens is 172 g/mol. The van der Waals surface area contributed by atoms with Crippen LogP contribution in [0.4, 0.5) is 0 Å². The standard InChI is InChI=1S/C13H22O/c1-12(2,3)10-11-13(14)8-6-4-5-7-9-13/h14H,4-9H2,1-3H3. The lowest BCUT2D eigenvalue weighted by Gasteiger charge is -2.20. The molecule has 1 rings (SSSR count). The van der Waals surface area contributed by atoms with Crippen molar-refractivity contribution in [2.45, 2.75) is 64.9 Å². The maximum atomic E-state index is 10.2. The molecule has 0 aliphatic heterocycles. The smallest absolute Gasteiger partial charge is 0.125 e. The van der Waals surface area contributed by atoms with Crippen molar-refractivity contribution in [3.63, 3.8) is 0 Å². The highest BCUT2D eigenvalue weighted by molar-refractivity contribution is 5.17. The predicted molar refractivity (Wildman–Crippen MR) is 59.9 cm³/mol. The molecule has 0 aromatic rings. The molecule has 0 spiro atoms. The molecule has 1 saturated carbocycles. The van der Waals surface area contributed by atoms with E-state index in [1.54, 1.807) is 0 Å². The molecule has 0 atom stereocenters. The third-order valence-electron chi connectivity index (χ3n) is 2.60. The molecule has 1 fully saturated rings. The van der Waals surface area contributed by atoms with E-state index in [1.807, 2.05) is 0 Å². The average molecular weight is 194 g/mol. The Morgan fingerprint density at radius 1 is 1.00 bits per heavy atom. The van der Waals surface area contributed by atoms with E-state index in [1.165, 1.54) is 12.8 Å². The van der Waals surface area contributed by atoms with Gasteiger partial charge in [-0.25, -0.2) is 0 Å². The lowest BCUT2D eigenvalue weighted by Crippen LogP contribution is -2.25. The fourth-order valence-electron chi connectivity index (χ4n) is 1.74. The van der Waals surface area contributed by atoms with Gasteiger partial charge in [0.2, 0.25) is 0 Å². The van der Waals surface area contributed by atoms with Crippen LogP contribution in [-0.4, -0.2) is 10.7 Å². The van der Waals surface area contributed by atoms with E-state index in [4.69, 9.17) is 0 Å². The first kappa shape index (κ1) is 11.6. The molecule has 1 aliphatic carbocycles. The third-order valence-corrected chi connectivity index (χ3v) is 2.60. The molecule has 1 heteroatoms. The zero-order chi connectivity index (χ0) is 10.7. The lowest BCUT2D eigenvalue weighted by atomic mass is 9.91. The van der Waals surface area contributed by atoms with Crippen LogP contribution in [0.15, 0.2) is 0 Å². The van der Waals surface area contributed by atoms with Crippen LogP contribution in [0.25, 0.3) is 0 Å². The molecule has 0 radical (unpaired) electrons. The van der Waals surface area contributed by atoms with Gasteiger partial charge in [-0.2, -0.15) is 0 Å². The molecule has 1 N–H and O–H groups in total. The van der Waals surface area contributed by atoms with E-state index < -0.39 is 5.60 Å². The summed E-state index contributed by atoms with van der Waals surface area (Å²) in [6, 6.07) is 0. The van der Waals surface area contributed by atoms with E-state index in [0.717, 1.165) is 25.7 Å². The zero-order valence-electron chi connectivity index (χ0n) is 9.69. The van der Waals surface area contributed by atoms with Crippen molar-refractivity contribution in [3.8, 4) is 11.8 Å². The Bertz CT molecular complexity index is 228. The van der Waals surface area contributed by atoms with E-state index in [9.17, 15) is 5.11 Å². The van der Waals surface area contributed by atoms with Crippen LogP contribution in [0, 0.1) is 17.3 Å². The molecular formula is C13H22O. The maximum absolute atomic E-state index is 10.2. The summed E-state index contributed by atoms with van der Waals surface area (Å²) in [6.07, 6.45) is 6.45. The Balaban J connectivity index is 2.66. The first-order valence-electron chi connectivity index (χ1n) is 5.68.